The topological polar surface area (TPSA) is 128 Å². The van der Waals surface area contributed by atoms with E-state index in [-0.39, 0.29) is 24.0 Å². The SMILES string of the molecule is CN1CCC(OC(=O)NC(=N)c2ccc(N3CC(CN4CCN(CCC(=O)OC(C)(C)C)CC4)OC3=O)cc2)CC1. The van der Waals surface area contributed by atoms with Crippen LogP contribution in [-0.2, 0) is 19.0 Å². The van der Waals surface area contributed by atoms with E-state index in [1.165, 1.54) is 0 Å². The zero-order chi connectivity index (χ0) is 29.6. The first-order valence-corrected chi connectivity index (χ1v) is 14.4. The quantitative estimate of drug-likeness (QED) is 0.209. The van der Waals surface area contributed by atoms with Crippen LogP contribution in [0.15, 0.2) is 24.3 Å². The summed E-state index contributed by atoms with van der Waals surface area (Å²) in [6.07, 6.45) is 0.546. The Balaban J connectivity index is 1.18. The Morgan fingerprint density at radius 2 is 1.66 bits per heavy atom. The summed E-state index contributed by atoms with van der Waals surface area (Å²) in [6.45, 7) is 12.5. The van der Waals surface area contributed by atoms with Gasteiger partial charge in [0, 0.05) is 63.6 Å². The lowest BCUT2D eigenvalue weighted by Gasteiger charge is -2.35. The number of nitrogens with zero attached hydrogens (tertiary/aromatic N) is 4. The number of hydrogen-bond donors (Lipinski definition) is 2. The van der Waals surface area contributed by atoms with Crippen molar-refractivity contribution in [2.24, 2.45) is 0 Å². The van der Waals surface area contributed by atoms with Crippen molar-refractivity contribution in [1.29, 1.82) is 5.41 Å². The van der Waals surface area contributed by atoms with Crippen molar-refractivity contribution in [2.75, 3.05) is 70.9 Å². The Morgan fingerprint density at radius 3 is 2.29 bits per heavy atom. The summed E-state index contributed by atoms with van der Waals surface area (Å²) in [5.74, 6) is -0.230. The highest BCUT2D eigenvalue weighted by molar-refractivity contribution is 6.04. The van der Waals surface area contributed by atoms with Crippen LogP contribution in [0.2, 0.25) is 0 Å². The third-order valence-electron chi connectivity index (χ3n) is 7.49. The average molecular weight is 573 g/mol. The number of hydrogen-bond acceptors (Lipinski definition) is 10. The largest absolute Gasteiger partial charge is 0.460 e. The number of carbonyl (C=O) groups excluding carboxylic acids is 3. The number of piperazine rings is 1. The second-order valence-corrected chi connectivity index (χ2v) is 12.0. The fourth-order valence-corrected chi connectivity index (χ4v) is 5.22. The zero-order valence-corrected chi connectivity index (χ0v) is 24.7. The summed E-state index contributed by atoms with van der Waals surface area (Å²) < 4.78 is 16.5. The lowest BCUT2D eigenvalue weighted by atomic mass is 10.1. The molecule has 0 spiro atoms. The van der Waals surface area contributed by atoms with Gasteiger partial charge in [0.2, 0.25) is 0 Å². The van der Waals surface area contributed by atoms with E-state index in [9.17, 15) is 14.4 Å². The molecule has 1 aromatic carbocycles. The van der Waals surface area contributed by atoms with Crippen LogP contribution >= 0.6 is 0 Å². The zero-order valence-electron chi connectivity index (χ0n) is 24.7. The smallest absolute Gasteiger partial charge is 0.414 e. The number of alkyl carbamates (subject to hydrolysis) is 1. The van der Waals surface area contributed by atoms with Crippen LogP contribution in [-0.4, -0.2) is 122 Å². The minimum Gasteiger partial charge on any atom is -0.460 e. The molecule has 1 atom stereocenters. The molecule has 1 unspecified atom stereocenters. The highest BCUT2D eigenvalue weighted by atomic mass is 16.6. The molecule has 2 N–H and O–H groups in total. The summed E-state index contributed by atoms with van der Waals surface area (Å²) in [7, 11) is 2.04. The molecule has 3 aliphatic rings. The summed E-state index contributed by atoms with van der Waals surface area (Å²) >= 11 is 0. The molecule has 3 heterocycles. The van der Waals surface area contributed by atoms with E-state index >= 15 is 0 Å². The van der Waals surface area contributed by atoms with Gasteiger partial charge in [0.1, 0.15) is 23.6 Å². The highest BCUT2D eigenvalue weighted by Gasteiger charge is 2.34. The predicted molar refractivity (Wildman–Crippen MR) is 154 cm³/mol. The van der Waals surface area contributed by atoms with Crippen molar-refractivity contribution < 1.29 is 28.6 Å². The second-order valence-electron chi connectivity index (χ2n) is 12.0. The maximum absolute atomic E-state index is 12.6. The molecule has 41 heavy (non-hydrogen) atoms. The third kappa shape index (κ3) is 9.40. The number of cyclic esters (lactones) is 1. The minimum absolute atomic E-state index is 0.0541. The molecule has 12 heteroatoms. The van der Waals surface area contributed by atoms with Crippen LogP contribution in [0.3, 0.4) is 0 Å². The molecular weight excluding hydrogens is 528 g/mol. The number of esters is 1. The Hall–Kier alpha value is -3.22. The van der Waals surface area contributed by atoms with Crippen LogP contribution in [0.5, 0.6) is 0 Å². The van der Waals surface area contributed by atoms with Gasteiger partial charge in [0.25, 0.3) is 0 Å². The number of anilines is 1. The van der Waals surface area contributed by atoms with Crippen molar-refractivity contribution in [3.05, 3.63) is 29.8 Å². The van der Waals surface area contributed by atoms with Gasteiger partial charge in [-0.15, -0.1) is 0 Å². The first kappa shape index (κ1) is 30.7. The Bertz CT molecular complexity index is 1070. The first-order valence-electron chi connectivity index (χ1n) is 14.4. The maximum Gasteiger partial charge on any atom is 0.414 e. The van der Waals surface area contributed by atoms with Gasteiger partial charge in [0.05, 0.1) is 13.0 Å². The van der Waals surface area contributed by atoms with Crippen molar-refractivity contribution in [2.45, 2.75) is 57.8 Å². The van der Waals surface area contributed by atoms with E-state index in [4.69, 9.17) is 19.6 Å². The summed E-state index contributed by atoms with van der Waals surface area (Å²) in [5.41, 5.74) is 0.726. The number of amides is 2. The normalized spacial score (nSPS) is 21.4. The van der Waals surface area contributed by atoms with E-state index in [0.717, 1.165) is 52.1 Å². The molecular formula is C29H44N6O6. The van der Waals surface area contributed by atoms with Crippen LogP contribution in [0, 0.1) is 5.41 Å². The van der Waals surface area contributed by atoms with Gasteiger partial charge in [0.15, 0.2) is 0 Å². The molecule has 12 nitrogen and oxygen atoms in total. The molecule has 0 bridgehead atoms. The molecule has 226 valence electrons. The van der Waals surface area contributed by atoms with Gasteiger partial charge in [-0.05, 0) is 64.9 Å². The number of ether oxygens (including phenoxy) is 3. The second kappa shape index (κ2) is 13.6. The minimum atomic E-state index is -0.622. The van der Waals surface area contributed by atoms with Gasteiger partial charge in [-0.3, -0.25) is 25.3 Å². The summed E-state index contributed by atoms with van der Waals surface area (Å²) in [6, 6.07) is 6.90. The molecule has 1 aromatic rings. The molecule has 3 fully saturated rings. The number of piperidine rings is 1. The fourth-order valence-electron chi connectivity index (χ4n) is 5.22. The van der Waals surface area contributed by atoms with Gasteiger partial charge < -0.3 is 24.0 Å². The molecule has 3 aliphatic heterocycles. The molecule has 0 aliphatic carbocycles. The summed E-state index contributed by atoms with van der Waals surface area (Å²) in [5, 5.41) is 10.7. The Labute approximate surface area is 242 Å². The van der Waals surface area contributed by atoms with Crippen LogP contribution in [0.4, 0.5) is 15.3 Å². The molecule has 2 amide bonds. The average Bonchev–Trinajstić information content (AvgIpc) is 3.28. The van der Waals surface area contributed by atoms with E-state index in [0.29, 0.717) is 37.3 Å². The van der Waals surface area contributed by atoms with E-state index in [2.05, 4.69) is 20.0 Å². The monoisotopic (exact) mass is 572 g/mol. The van der Waals surface area contributed by atoms with Crippen molar-refractivity contribution in [3.8, 4) is 0 Å². The lowest BCUT2D eigenvalue weighted by molar-refractivity contribution is -0.155. The number of amidine groups is 1. The number of rotatable bonds is 8. The van der Waals surface area contributed by atoms with Gasteiger partial charge in [-0.25, -0.2) is 9.59 Å². The predicted octanol–water partition coefficient (Wildman–Crippen LogP) is 2.51. The van der Waals surface area contributed by atoms with Crippen molar-refractivity contribution >= 4 is 29.7 Å². The van der Waals surface area contributed by atoms with Gasteiger partial charge >= 0.3 is 18.2 Å². The first-order chi connectivity index (χ1) is 19.4. The molecule has 3 saturated heterocycles. The van der Waals surface area contributed by atoms with Crippen molar-refractivity contribution in [3.63, 3.8) is 0 Å². The van der Waals surface area contributed by atoms with Crippen LogP contribution in [0.25, 0.3) is 0 Å². The molecule has 4 rings (SSSR count). The molecule has 0 radical (unpaired) electrons. The Kier molecular flexibility index (Phi) is 10.2. The van der Waals surface area contributed by atoms with Crippen LogP contribution < -0.4 is 10.2 Å². The van der Waals surface area contributed by atoms with Gasteiger partial charge in [-0.1, -0.05) is 0 Å². The number of carbonyl (C=O) groups is 3. The number of likely N-dealkylation sites (tertiary alicyclic amines) is 1. The fraction of sp³-hybridized carbons (Fsp3) is 0.655. The standard InChI is InChI=1S/C29H44N6O6/c1-29(2,3)41-25(36)11-14-33-15-17-34(18-16-33)19-24-20-35(28(38)40-24)22-7-5-21(6-8-22)26(30)31-27(37)39-23-9-12-32(4)13-10-23/h5-8,23-24H,9-20H2,1-4H3,(H2,30,31,37). The van der Waals surface area contributed by atoms with E-state index in [1.807, 2.05) is 27.8 Å². The third-order valence-corrected chi connectivity index (χ3v) is 7.49. The highest BCUT2D eigenvalue weighted by Crippen LogP contribution is 2.23. The number of benzene rings is 1. The molecule has 0 aromatic heterocycles. The molecule has 0 saturated carbocycles. The van der Waals surface area contributed by atoms with E-state index in [1.54, 1.807) is 29.2 Å². The Morgan fingerprint density at radius 1 is 1.02 bits per heavy atom. The lowest BCUT2D eigenvalue weighted by Crippen LogP contribution is -2.49. The number of nitrogens with one attached hydrogen (secondary N) is 2. The summed E-state index contributed by atoms with van der Waals surface area (Å²) in [4.78, 5) is 45.2. The van der Waals surface area contributed by atoms with Gasteiger partial charge in [-0.2, -0.15) is 0 Å². The van der Waals surface area contributed by atoms with Crippen molar-refractivity contribution in [1.82, 2.24) is 20.0 Å². The van der Waals surface area contributed by atoms with E-state index < -0.39 is 17.8 Å². The maximum atomic E-state index is 12.6. The van der Waals surface area contributed by atoms with Crippen LogP contribution in [0.1, 0.15) is 45.6 Å².